The average molecular weight is 417 g/mol. The number of benzene rings is 2. The fourth-order valence-corrected chi connectivity index (χ4v) is 5.56. The van der Waals surface area contributed by atoms with E-state index in [0.717, 1.165) is 51.9 Å². The molecule has 0 N–H and O–H groups in total. The second-order valence-corrected chi connectivity index (χ2v) is 10.1. The molecule has 3 aromatic rings. The molecule has 4 rings (SSSR count). The van der Waals surface area contributed by atoms with E-state index in [0.29, 0.717) is 17.9 Å². The Bertz CT molecular complexity index is 1140. The Morgan fingerprint density at radius 1 is 1.20 bits per heavy atom. The summed E-state index contributed by atoms with van der Waals surface area (Å²) in [5.41, 5.74) is 3.33. The molecule has 0 saturated heterocycles. The smallest absolute Gasteiger partial charge is 0.134 e. The number of thiophene rings is 1. The topological polar surface area (TPSA) is 45.4 Å². The van der Waals surface area contributed by atoms with Crippen LogP contribution >= 0.6 is 11.3 Å². The quantitative estimate of drug-likeness (QED) is 0.427. The number of hydrogen-bond donors (Lipinski definition) is 0. The molecule has 2 aromatic carbocycles. The van der Waals surface area contributed by atoms with Gasteiger partial charge in [0.15, 0.2) is 0 Å². The van der Waals surface area contributed by atoms with Crippen LogP contribution in [0.3, 0.4) is 0 Å². The molecular formula is C26H28N2OS. The SMILES string of the molecule is CCOc1ccc(C=Nc2sc3c(c2C#N)CC[C@@H](C(C)(C)C)C3)c2ccccc12. The zero-order chi connectivity index (χ0) is 21.3. The number of rotatable bonds is 4. The van der Waals surface area contributed by atoms with Crippen LogP contribution in [0.5, 0.6) is 5.75 Å². The summed E-state index contributed by atoms with van der Waals surface area (Å²) < 4.78 is 5.78. The normalized spacial score (nSPS) is 16.6. The molecule has 0 saturated carbocycles. The zero-order valence-electron chi connectivity index (χ0n) is 18.2. The van der Waals surface area contributed by atoms with Crippen LogP contribution in [0.15, 0.2) is 41.4 Å². The Labute approximate surface area is 183 Å². The van der Waals surface area contributed by atoms with E-state index in [9.17, 15) is 5.26 Å². The molecule has 0 bridgehead atoms. The molecule has 0 radical (unpaired) electrons. The molecule has 0 fully saturated rings. The van der Waals surface area contributed by atoms with Crippen LogP contribution in [0, 0.1) is 22.7 Å². The third-order valence-corrected chi connectivity index (χ3v) is 7.28. The van der Waals surface area contributed by atoms with E-state index < -0.39 is 0 Å². The Balaban J connectivity index is 1.70. The predicted octanol–water partition coefficient (Wildman–Crippen LogP) is 7.07. The van der Waals surface area contributed by atoms with E-state index in [-0.39, 0.29) is 0 Å². The first kappa shape index (κ1) is 20.6. The van der Waals surface area contributed by atoms with Crippen LogP contribution in [0.4, 0.5) is 5.00 Å². The van der Waals surface area contributed by atoms with Gasteiger partial charge in [0.1, 0.15) is 16.8 Å². The Hall–Kier alpha value is -2.64. The van der Waals surface area contributed by atoms with Crippen LogP contribution in [-0.4, -0.2) is 12.8 Å². The molecule has 0 amide bonds. The van der Waals surface area contributed by atoms with Crippen LogP contribution < -0.4 is 4.74 Å². The molecule has 1 heterocycles. The maximum absolute atomic E-state index is 9.82. The largest absolute Gasteiger partial charge is 0.493 e. The second-order valence-electron chi connectivity index (χ2n) is 8.99. The van der Waals surface area contributed by atoms with Gasteiger partial charge in [-0.25, -0.2) is 4.99 Å². The zero-order valence-corrected chi connectivity index (χ0v) is 19.0. The first-order valence-corrected chi connectivity index (χ1v) is 11.5. The van der Waals surface area contributed by atoms with Crippen molar-refractivity contribution in [3.05, 3.63) is 58.0 Å². The average Bonchev–Trinajstić information content (AvgIpc) is 3.09. The van der Waals surface area contributed by atoms with Gasteiger partial charge < -0.3 is 4.74 Å². The van der Waals surface area contributed by atoms with E-state index in [1.807, 2.05) is 37.4 Å². The van der Waals surface area contributed by atoms with Crippen LogP contribution in [-0.2, 0) is 12.8 Å². The third-order valence-electron chi connectivity index (χ3n) is 6.12. The number of hydrogen-bond acceptors (Lipinski definition) is 4. The summed E-state index contributed by atoms with van der Waals surface area (Å²) in [6, 6.07) is 14.7. The summed E-state index contributed by atoms with van der Waals surface area (Å²) in [4.78, 5) is 6.14. The third kappa shape index (κ3) is 3.87. The Morgan fingerprint density at radius 3 is 2.67 bits per heavy atom. The molecule has 0 unspecified atom stereocenters. The van der Waals surface area contributed by atoms with Crippen molar-refractivity contribution in [2.24, 2.45) is 16.3 Å². The lowest BCUT2D eigenvalue weighted by molar-refractivity contribution is 0.218. The van der Waals surface area contributed by atoms with E-state index in [1.54, 1.807) is 11.3 Å². The lowest BCUT2D eigenvalue weighted by Gasteiger charge is -2.33. The van der Waals surface area contributed by atoms with Gasteiger partial charge in [0.25, 0.3) is 0 Å². The highest BCUT2D eigenvalue weighted by Crippen LogP contribution is 2.45. The minimum atomic E-state index is 0.291. The lowest BCUT2D eigenvalue weighted by atomic mass is 9.72. The van der Waals surface area contributed by atoms with Crippen molar-refractivity contribution >= 4 is 33.3 Å². The fourth-order valence-electron chi connectivity index (χ4n) is 4.33. The van der Waals surface area contributed by atoms with Gasteiger partial charge in [0.2, 0.25) is 0 Å². The monoisotopic (exact) mass is 416 g/mol. The molecular weight excluding hydrogens is 388 g/mol. The van der Waals surface area contributed by atoms with E-state index >= 15 is 0 Å². The molecule has 30 heavy (non-hydrogen) atoms. The highest BCUT2D eigenvalue weighted by atomic mass is 32.1. The van der Waals surface area contributed by atoms with Gasteiger partial charge in [-0.1, -0.05) is 45.0 Å². The highest BCUT2D eigenvalue weighted by molar-refractivity contribution is 7.16. The molecule has 1 aliphatic rings. The summed E-state index contributed by atoms with van der Waals surface area (Å²) in [6.45, 7) is 9.59. The van der Waals surface area contributed by atoms with Crippen LogP contribution in [0.2, 0.25) is 0 Å². The summed E-state index contributed by atoms with van der Waals surface area (Å²) in [7, 11) is 0. The van der Waals surface area contributed by atoms with Gasteiger partial charge in [0, 0.05) is 22.0 Å². The highest BCUT2D eigenvalue weighted by Gasteiger charge is 2.32. The van der Waals surface area contributed by atoms with E-state index in [4.69, 9.17) is 9.73 Å². The lowest BCUT2D eigenvalue weighted by Crippen LogP contribution is -2.26. The number of fused-ring (bicyclic) bond motifs is 2. The van der Waals surface area contributed by atoms with Crippen LogP contribution in [0.25, 0.3) is 10.8 Å². The number of ether oxygens (including phenoxy) is 1. The molecule has 154 valence electrons. The van der Waals surface area contributed by atoms with Gasteiger partial charge in [-0.3, -0.25) is 0 Å². The van der Waals surface area contributed by atoms with Gasteiger partial charge in [-0.2, -0.15) is 5.26 Å². The first-order valence-electron chi connectivity index (χ1n) is 10.7. The number of nitrogens with zero attached hydrogens (tertiary/aromatic N) is 2. The molecule has 0 spiro atoms. The van der Waals surface area contributed by atoms with Crippen LogP contribution in [0.1, 0.15) is 55.7 Å². The molecule has 1 atom stereocenters. The van der Waals surface area contributed by atoms with Crippen molar-refractivity contribution in [3.8, 4) is 11.8 Å². The minimum absolute atomic E-state index is 0.291. The molecule has 1 aromatic heterocycles. The van der Waals surface area contributed by atoms with Crippen molar-refractivity contribution in [2.75, 3.05) is 6.61 Å². The first-order chi connectivity index (χ1) is 14.4. The molecule has 1 aliphatic carbocycles. The molecule has 0 aliphatic heterocycles. The second kappa shape index (κ2) is 8.24. The van der Waals surface area contributed by atoms with Crippen molar-refractivity contribution in [1.29, 1.82) is 5.26 Å². The van der Waals surface area contributed by atoms with Gasteiger partial charge >= 0.3 is 0 Å². The molecule has 3 nitrogen and oxygen atoms in total. The summed E-state index contributed by atoms with van der Waals surface area (Å²) in [5.74, 6) is 1.55. The molecule has 4 heteroatoms. The number of nitriles is 1. The Kier molecular flexibility index (Phi) is 5.66. The van der Waals surface area contributed by atoms with Gasteiger partial charge in [0.05, 0.1) is 12.2 Å². The predicted molar refractivity (Wildman–Crippen MR) is 126 cm³/mol. The van der Waals surface area contributed by atoms with Crippen molar-refractivity contribution < 1.29 is 4.74 Å². The summed E-state index contributed by atoms with van der Waals surface area (Å²) in [5, 5.41) is 12.9. The Morgan fingerprint density at radius 2 is 1.97 bits per heavy atom. The van der Waals surface area contributed by atoms with Crippen molar-refractivity contribution in [2.45, 2.75) is 47.0 Å². The van der Waals surface area contributed by atoms with E-state index in [1.165, 1.54) is 10.4 Å². The number of aliphatic imine (C=N–C) groups is 1. The standard InChI is InChI=1S/C26H28N2OS/c1-5-29-23-13-10-17(19-8-6-7-9-20(19)23)16-28-25-22(15-27)21-12-11-18(26(2,3)4)14-24(21)30-25/h6-10,13,16,18H,5,11-12,14H2,1-4H3/t18-/m1/s1. The van der Waals surface area contributed by atoms with Crippen molar-refractivity contribution in [3.63, 3.8) is 0 Å². The minimum Gasteiger partial charge on any atom is -0.493 e. The maximum Gasteiger partial charge on any atom is 0.134 e. The van der Waals surface area contributed by atoms with Gasteiger partial charge in [-0.15, -0.1) is 11.3 Å². The summed E-state index contributed by atoms with van der Waals surface area (Å²) >= 11 is 1.70. The van der Waals surface area contributed by atoms with Crippen molar-refractivity contribution in [1.82, 2.24) is 0 Å². The fraction of sp³-hybridized carbons (Fsp3) is 0.385. The van der Waals surface area contributed by atoms with Gasteiger partial charge in [-0.05, 0) is 60.6 Å². The van der Waals surface area contributed by atoms with E-state index in [2.05, 4.69) is 39.0 Å². The maximum atomic E-state index is 9.82. The summed E-state index contributed by atoms with van der Waals surface area (Å²) in [6.07, 6.45) is 5.09.